The van der Waals surface area contributed by atoms with Crippen molar-refractivity contribution in [3.8, 4) is 11.1 Å². The Bertz CT molecular complexity index is 3110. The number of nitrogens with one attached hydrogen (secondary N) is 4. The highest BCUT2D eigenvalue weighted by molar-refractivity contribution is 7.93. The van der Waals surface area contributed by atoms with Crippen LogP contribution < -0.4 is 20.1 Å². The lowest BCUT2D eigenvalue weighted by atomic mass is 10.0. The lowest BCUT2D eigenvalue weighted by molar-refractivity contribution is 0.0965. The highest BCUT2D eigenvalue weighted by Crippen LogP contribution is 2.30. The molecule has 0 atom stereocenters. The maximum absolute atomic E-state index is 13.1. The van der Waals surface area contributed by atoms with Gasteiger partial charge in [-0.25, -0.2) is 16.8 Å². The Hall–Kier alpha value is -7.51. The molecule has 13 heteroatoms. The molecule has 2 amide bonds. The van der Waals surface area contributed by atoms with Gasteiger partial charge in [0.2, 0.25) is 0 Å². The standard InChI is InChI=1S/C27H23ClN2O3S.C26H26N2O3S/c1-18-12-13-19(2)25(16-18)30-34(32,33)26-17-21(14-15-23(26)28)27(31)29-24-11-7-6-10-22(24)20-8-4-3-5-9-20;1-6-8-13-19(3)21(5)24(12-7-2)27-26(29)22-17-16-20(4)25(18-22)32(30,31)28-23-14-10-9-11-15-23/h3-17,30H,1-2H3,(H,29,31);6-18,28H,1-3,5H2,4H3,(H,27,29)/b;13-8-,24-12+. The molecule has 66 heavy (non-hydrogen) atoms. The second-order valence-corrected chi connectivity index (χ2v) is 18.5. The van der Waals surface area contributed by atoms with Gasteiger partial charge in [0, 0.05) is 33.8 Å². The van der Waals surface area contributed by atoms with Crippen molar-refractivity contribution < 1.29 is 26.4 Å². The van der Waals surface area contributed by atoms with Gasteiger partial charge in [-0.2, -0.15) is 0 Å². The average Bonchev–Trinajstić information content (AvgIpc) is 3.30. The normalized spacial score (nSPS) is 11.4. The van der Waals surface area contributed by atoms with Crippen LogP contribution in [0.5, 0.6) is 0 Å². The van der Waals surface area contributed by atoms with Crippen molar-refractivity contribution in [2.45, 2.75) is 30.6 Å². The average molecular weight is 938 g/mol. The van der Waals surface area contributed by atoms with Gasteiger partial charge < -0.3 is 10.6 Å². The van der Waals surface area contributed by atoms with Crippen molar-refractivity contribution >= 4 is 60.5 Å². The van der Waals surface area contributed by atoms with Crippen molar-refractivity contribution in [3.63, 3.8) is 0 Å². The lowest BCUT2D eigenvalue weighted by Crippen LogP contribution is -2.24. The molecule has 0 saturated carbocycles. The van der Waals surface area contributed by atoms with Crippen LogP contribution in [-0.4, -0.2) is 28.6 Å². The molecule has 0 aromatic heterocycles. The SMILES string of the molecule is C=C/C=C\C(=C)C(=C)/C(=C\C=C)NC(=O)c1ccc(C)c(S(=O)(=O)Nc2ccccc2)c1.Cc1ccc(C)c(NS(=O)(=O)c2cc(C(=O)Nc3ccccc3-c3ccccc3)ccc2Cl)c1. The van der Waals surface area contributed by atoms with Crippen LogP contribution in [-0.2, 0) is 20.0 Å². The van der Waals surface area contributed by atoms with E-state index < -0.39 is 31.9 Å². The van der Waals surface area contributed by atoms with Crippen LogP contribution in [0.2, 0.25) is 5.02 Å². The highest BCUT2D eigenvalue weighted by atomic mass is 35.5. The molecule has 0 aliphatic heterocycles. The molecule has 6 aromatic rings. The van der Waals surface area contributed by atoms with E-state index in [0.717, 1.165) is 22.3 Å². The zero-order valence-electron chi connectivity index (χ0n) is 36.6. The molecule has 0 fully saturated rings. The number of allylic oxidation sites excluding steroid dienone is 6. The van der Waals surface area contributed by atoms with Crippen LogP contribution in [0.1, 0.15) is 37.4 Å². The Kier molecular flexibility index (Phi) is 16.8. The maximum atomic E-state index is 13.1. The Morgan fingerprint density at radius 2 is 1.20 bits per heavy atom. The third-order valence-corrected chi connectivity index (χ3v) is 13.2. The van der Waals surface area contributed by atoms with Crippen LogP contribution >= 0.6 is 11.6 Å². The summed E-state index contributed by atoms with van der Waals surface area (Å²) >= 11 is 6.24. The molecule has 6 aromatic carbocycles. The minimum absolute atomic E-state index is 0.0143. The number of amides is 2. The molecule has 0 bridgehead atoms. The van der Waals surface area contributed by atoms with E-state index in [2.05, 4.69) is 46.4 Å². The Morgan fingerprint density at radius 1 is 0.606 bits per heavy atom. The maximum Gasteiger partial charge on any atom is 0.263 e. The van der Waals surface area contributed by atoms with Gasteiger partial charge in [0.05, 0.1) is 15.6 Å². The Morgan fingerprint density at radius 3 is 1.88 bits per heavy atom. The summed E-state index contributed by atoms with van der Waals surface area (Å²) in [6.45, 7) is 20.5. The molecule has 6 rings (SSSR count). The van der Waals surface area contributed by atoms with E-state index in [0.29, 0.717) is 39.5 Å². The number of halogens is 1. The van der Waals surface area contributed by atoms with E-state index in [1.165, 1.54) is 30.3 Å². The minimum atomic E-state index is -4.03. The van der Waals surface area contributed by atoms with Crippen LogP contribution in [0.3, 0.4) is 0 Å². The fourth-order valence-electron chi connectivity index (χ4n) is 6.29. The molecule has 0 unspecified atom stereocenters. The summed E-state index contributed by atoms with van der Waals surface area (Å²) in [6, 6.07) is 39.8. The number of rotatable bonds is 16. The molecule has 0 saturated heterocycles. The summed E-state index contributed by atoms with van der Waals surface area (Å²) in [5, 5.41) is 5.67. The Labute approximate surface area is 392 Å². The fourth-order valence-corrected chi connectivity index (χ4v) is 9.27. The summed E-state index contributed by atoms with van der Waals surface area (Å²) < 4.78 is 57.2. The number of sulfonamides is 2. The summed E-state index contributed by atoms with van der Waals surface area (Å²) in [6.07, 6.45) is 8.13. The molecule has 10 nitrogen and oxygen atoms in total. The van der Waals surface area contributed by atoms with E-state index in [1.54, 1.807) is 85.8 Å². The van der Waals surface area contributed by atoms with Gasteiger partial charge >= 0.3 is 0 Å². The molecule has 336 valence electrons. The first-order chi connectivity index (χ1) is 31.4. The quantitative estimate of drug-likeness (QED) is 0.0710. The summed E-state index contributed by atoms with van der Waals surface area (Å²) in [5.41, 5.74) is 7.35. The van der Waals surface area contributed by atoms with E-state index in [-0.39, 0.29) is 25.9 Å². The van der Waals surface area contributed by atoms with Gasteiger partial charge in [-0.1, -0.05) is 147 Å². The predicted octanol–water partition coefficient (Wildman–Crippen LogP) is 12.1. The number of aryl methyl sites for hydroxylation is 3. The fraction of sp³-hybridized carbons (Fsp3) is 0.0566. The van der Waals surface area contributed by atoms with Crippen LogP contribution in [0.15, 0.2) is 223 Å². The largest absolute Gasteiger partial charge is 0.321 e. The van der Waals surface area contributed by atoms with Gasteiger partial charge in [-0.15, -0.1) is 0 Å². The highest BCUT2D eigenvalue weighted by Gasteiger charge is 2.23. The number of hydrogen-bond acceptors (Lipinski definition) is 6. The van der Waals surface area contributed by atoms with Gasteiger partial charge in [0.15, 0.2) is 0 Å². The van der Waals surface area contributed by atoms with Crippen molar-refractivity contribution in [2.75, 3.05) is 14.8 Å². The van der Waals surface area contributed by atoms with Crippen molar-refractivity contribution in [1.29, 1.82) is 0 Å². The molecule has 0 spiro atoms. The summed E-state index contributed by atoms with van der Waals surface area (Å²) in [4.78, 5) is 25.8. The van der Waals surface area contributed by atoms with Crippen LogP contribution in [0, 0.1) is 20.8 Å². The molecule has 4 N–H and O–H groups in total. The van der Waals surface area contributed by atoms with Crippen LogP contribution in [0.25, 0.3) is 11.1 Å². The molecule has 0 aliphatic rings. The monoisotopic (exact) mass is 936 g/mol. The second kappa shape index (κ2) is 22.4. The van der Waals surface area contributed by atoms with Gasteiger partial charge in [0.1, 0.15) is 4.90 Å². The molecule has 0 radical (unpaired) electrons. The number of benzene rings is 6. The number of carbonyl (C=O) groups is 2. The summed E-state index contributed by atoms with van der Waals surface area (Å²) in [5.74, 6) is -0.931. The number of anilines is 3. The number of para-hydroxylation sites is 2. The third kappa shape index (κ3) is 13.0. The summed E-state index contributed by atoms with van der Waals surface area (Å²) in [7, 11) is -7.91. The minimum Gasteiger partial charge on any atom is -0.321 e. The first-order valence-corrected chi connectivity index (χ1v) is 23.6. The first-order valence-electron chi connectivity index (χ1n) is 20.3. The number of carbonyl (C=O) groups excluding carboxylic acids is 2. The van der Waals surface area contributed by atoms with E-state index in [4.69, 9.17) is 11.6 Å². The van der Waals surface area contributed by atoms with Gasteiger partial charge in [-0.3, -0.25) is 19.0 Å². The third-order valence-electron chi connectivity index (χ3n) is 9.83. The van der Waals surface area contributed by atoms with E-state index in [9.17, 15) is 26.4 Å². The van der Waals surface area contributed by atoms with Crippen molar-refractivity contribution in [3.05, 3.63) is 246 Å². The van der Waals surface area contributed by atoms with Crippen molar-refractivity contribution in [1.82, 2.24) is 5.32 Å². The second-order valence-electron chi connectivity index (χ2n) is 14.8. The predicted molar refractivity (Wildman–Crippen MR) is 270 cm³/mol. The van der Waals surface area contributed by atoms with Crippen LogP contribution in [0.4, 0.5) is 17.1 Å². The van der Waals surface area contributed by atoms with E-state index >= 15 is 0 Å². The topological polar surface area (TPSA) is 151 Å². The molecular weight excluding hydrogens is 888 g/mol. The zero-order valence-corrected chi connectivity index (χ0v) is 39.0. The zero-order chi connectivity index (χ0) is 48.0. The van der Waals surface area contributed by atoms with Crippen molar-refractivity contribution in [2.24, 2.45) is 0 Å². The molecule has 0 aliphatic carbocycles. The first kappa shape index (κ1) is 49.5. The van der Waals surface area contributed by atoms with E-state index in [1.807, 2.05) is 74.5 Å². The Balaban J connectivity index is 0.000000248. The smallest absolute Gasteiger partial charge is 0.263 e. The molecule has 0 heterocycles. The molecular formula is C53H49ClN4O6S2. The van der Waals surface area contributed by atoms with Gasteiger partial charge in [0.25, 0.3) is 31.9 Å². The lowest BCUT2D eigenvalue weighted by Gasteiger charge is -2.15. The van der Waals surface area contributed by atoms with Gasteiger partial charge in [-0.05, 0) is 115 Å². The number of hydrogen-bond donors (Lipinski definition) is 4.